The van der Waals surface area contributed by atoms with E-state index in [-0.39, 0.29) is 5.97 Å². The van der Waals surface area contributed by atoms with Gasteiger partial charge in [0.1, 0.15) is 12.4 Å². The summed E-state index contributed by atoms with van der Waals surface area (Å²) in [5.41, 5.74) is 5.41. The van der Waals surface area contributed by atoms with Crippen LogP contribution in [0, 0.1) is 0 Å². The Morgan fingerprint density at radius 2 is 2.50 bits per heavy atom. The van der Waals surface area contributed by atoms with E-state index >= 15 is 0 Å². The van der Waals surface area contributed by atoms with Crippen molar-refractivity contribution in [2.45, 2.75) is 6.04 Å². The fourth-order valence-corrected chi connectivity index (χ4v) is 1.10. The van der Waals surface area contributed by atoms with Crippen molar-refractivity contribution < 1.29 is 9.53 Å². The van der Waals surface area contributed by atoms with Crippen LogP contribution in [0.4, 0.5) is 0 Å². The fraction of sp³-hybridized carbons (Fsp3) is 0.800. The van der Waals surface area contributed by atoms with Gasteiger partial charge >= 0.3 is 5.97 Å². The minimum absolute atomic E-state index is 0.320. The first-order chi connectivity index (χ1) is 4.72. The zero-order valence-corrected chi connectivity index (χ0v) is 7.84. The van der Waals surface area contributed by atoms with Crippen molar-refractivity contribution in [1.82, 2.24) is 0 Å². The molecule has 60 valence electrons. The molecule has 0 aromatic carbocycles. The Labute approximate surface area is 67.3 Å². The van der Waals surface area contributed by atoms with Gasteiger partial charge in [-0.25, -0.2) is 0 Å². The van der Waals surface area contributed by atoms with E-state index in [4.69, 9.17) is 5.73 Å². The van der Waals surface area contributed by atoms with Crippen molar-refractivity contribution in [2.75, 3.05) is 18.4 Å². The molecule has 0 amide bonds. The topological polar surface area (TPSA) is 52.3 Å². The fourth-order valence-electron chi connectivity index (χ4n) is 0.437. The molecule has 3 nitrogen and oxygen atoms in total. The molecule has 0 aromatic heterocycles. The summed E-state index contributed by atoms with van der Waals surface area (Å²) >= 11 is 1.53. The molecule has 0 aromatic rings. The van der Waals surface area contributed by atoms with E-state index < -0.39 is 6.04 Å². The van der Waals surface area contributed by atoms with Crippen LogP contribution in [0.15, 0.2) is 0 Å². The quantitative estimate of drug-likeness (QED) is 0.492. The highest BCUT2D eigenvalue weighted by Gasteiger charge is 2.12. The van der Waals surface area contributed by atoms with E-state index in [0.717, 1.165) is 0 Å². The third-order valence-electron chi connectivity index (χ3n) is 0.875. The maximum atomic E-state index is 10.8. The summed E-state index contributed by atoms with van der Waals surface area (Å²) in [5.74, 6) is 0.285. The van der Waals surface area contributed by atoms with Crippen molar-refractivity contribution in [3.63, 3.8) is 0 Å². The zero-order valence-electron chi connectivity index (χ0n) is 5.87. The van der Waals surface area contributed by atoms with Crippen molar-refractivity contribution in [3.8, 4) is 0 Å². The standard InChI is InChI=1S/C5H12NO2PS/c1-10-2-4(6)5(7)8-3-9/h4H,2-3,6,9H2,1H3. The molecule has 0 spiro atoms. The average Bonchev–Trinajstić information content (AvgIpc) is 1.89. The van der Waals surface area contributed by atoms with Gasteiger partial charge in [-0.2, -0.15) is 11.8 Å². The molecule has 0 aliphatic carbocycles. The minimum atomic E-state index is -0.476. The van der Waals surface area contributed by atoms with Gasteiger partial charge in [-0.3, -0.25) is 4.79 Å². The van der Waals surface area contributed by atoms with Crippen LogP contribution in [0.3, 0.4) is 0 Å². The van der Waals surface area contributed by atoms with Gasteiger partial charge in [-0.1, -0.05) is 9.24 Å². The molecule has 0 bridgehead atoms. The first kappa shape index (κ1) is 10.2. The maximum Gasteiger partial charge on any atom is 0.324 e. The number of nitrogens with two attached hydrogens (primary N) is 1. The molecular formula is C5H12NO2PS. The summed E-state index contributed by atoms with van der Waals surface area (Å²) < 4.78 is 4.64. The second kappa shape index (κ2) is 5.96. The SMILES string of the molecule is CSCC(N)C(=O)OCP. The van der Waals surface area contributed by atoms with Crippen molar-refractivity contribution in [2.24, 2.45) is 5.73 Å². The van der Waals surface area contributed by atoms with E-state index in [0.29, 0.717) is 12.1 Å². The highest BCUT2D eigenvalue weighted by Crippen LogP contribution is 1.97. The summed E-state index contributed by atoms with van der Waals surface area (Å²) in [4.78, 5) is 10.8. The van der Waals surface area contributed by atoms with Gasteiger partial charge in [0.25, 0.3) is 0 Å². The Bertz CT molecular complexity index is 112. The molecule has 0 radical (unpaired) electrons. The molecule has 0 aliphatic heterocycles. The van der Waals surface area contributed by atoms with E-state index in [9.17, 15) is 4.79 Å². The molecule has 10 heavy (non-hydrogen) atoms. The molecule has 0 rings (SSSR count). The molecule has 2 unspecified atom stereocenters. The minimum Gasteiger partial charge on any atom is -0.460 e. The first-order valence-electron chi connectivity index (χ1n) is 2.83. The Kier molecular flexibility index (Phi) is 6.08. The number of hydrogen-bond donors (Lipinski definition) is 1. The average molecular weight is 181 g/mol. The first-order valence-corrected chi connectivity index (χ1v) is 5.04. The number of ether oxygens (including phenoxy) is 1. The third kappa shape index (κ3) is 4.09. The van der Waals surface area contributed by atoms with E-state index in [2.05, 4.69) is 14.0 Å². The highest BCUT2D eigenvalue weighted by molar-refractivity contribution is 7.98. The lowest BCUT2D eigenvalue weighted by Crippen LogP contribution is -2.34. The maximum absolute atomic E-state index is 10.8. The summed E-state index contributed by atoms with van der Waals surface area (Å²) in [6.45, 7) is 0. The molecule has 0 fully saturated rings. The zero-order chi connectivity index (χ0) is 7.98. The van der Waals surface area contributed by atoms with Gasteiger partial charge in [0.2, 0.25) is 0 Å². The van der Waals surface area contributed by atoms with E-state index in [1.165, 1.54) is 11.8 Å². The number of rotatable bonds is 4. The predicted octanol–water partition coefficient (Wildman–Crippen LogP) is 0.0525. The van der Waals surface area contributed by atoms with Crippen molar-refractivity contribution >= 4 is 27.0 Å². The van der Waals surface area contributed by atoms with Crippen LogP contribution < -0.4 is 5.73 Å². The third-order valence-corrected chi connectivity index (χ3v) is 1.73. The smallest absolute Gasteiger partial charge is 0.324 e. The largest absolute Gasteiger partial charge is 0.460 e. The van der Waals surface area contributed by atoms with E-state index in [1.807, 2.05) is 6.26 Å². The van der Waals surface area contributed by atoms with Crippen LogP contribution in [0.5, 0.6) is 0 Å². The molecule has 0 saturated heterocycles. The van der Waals surface area contributed by atoms with Crippen LogP contribution in [0.1, 0.15) is 0 Å². The van der Waals surface area contributed by atoms with Crippen molar-refractivity contribution in [3.05, 3.63) is 0 Å². The second-order valence-corrected chi connectivity index (χ2v) is 2.94. The molecule has 0 saturated carbocycles. The van der Waals surface area contributed by atoms with Crippen LogP contribution in [-0.4, -0.2) is 30.4 Å². The Morgan fingerprint density at radius 1 is 1.90 bits per heavy atom. The second-order valence-electron chi connectivity index (χ2n) is 1.69. The van der Waals surface area contributed by atoms with Gasteiger partial charge in [0.05, 0.1) is 0 Å². The van der Waals surface area contributed by atoms with Gasteiger partial charge in [-0.05, 0) is 6.26 Å². The Hall–Kier alpha value is 0.210. The summed E-state index contributed by atoms with van der Waals surface area (Å²) in [6.07, 6.45) is 2.22. The van der Waals surface area contributed by atoms with Crippen LogP contribution in [-0.2, 0) is 9.53 Å². The summed E-state index contributed by atoms with van der Waals surface area (Å²) in [7, 11) is 2.30. The monoisotopic (exact) mass is 181 g/mol. The Morgan fingerprint density at radius 3 is 2.90 bits per heavy atom. The van der Waals surface area contributed by atoms with Crippen LogP contribution in [0.2, 0.25) is 0 Å². The van der Waals surface area contributed by atoms with Gasteiger partial charge < -0.3 is 10.5 Å². The summed E-state index contributed by atoms with van der Waals surface area (Å²) in [6, 6.07) is -0.476. The van der Waals surface area contributed by atoms with Crippen LogP contribution in [0.25, 0.3) is 0 Å². The lowest BCUT2D eigenvalue weighted by Gasteiger charge is -2.07. The van der Waals surface area contributed by atoms with Gasteiger partial charge in [0, 0.05) is 5.75 Å². The van der Waals surface area contributed by atoms with Gasteiger partial charge in [0.15, 0.2) is 0 Å². The van der Waals surface area contributed by atoms with E-state index in [1.54, 1.807) is 0 Å². The molecule has 2 N–H and O–H groups in total. The number of thioether (sulfide) groups is 1. The number of hydrogen-bond acceptors (Lipinski definition) is 4. The molecule has 5 heteroatoms. The number of esters is 1. The molecular weight excluding hydrogens is 169 g/mol. The van der Waals surface area contributed by atoms with Gasteiger partial charge in [-0.15, -0.1) is 0 Å². The lowest BCUT2D eigenvalue weighted by atomic mass is 10.4. The lowest BCUT2D eigenvalue weighted by molar-refractivity contribution is -0.142. The Balaban J connectivity index is 3.49. The molecule has 0 heterocycles. The highest BCUT2D eigenvalue weighted by atomic mass is 32.2. The molecule has 2 atom stereocenters. The molecule has 0 aliphatic rings. The number of carbonyl (C=O) groups is 1. The van der Waals surface area contributed by atoms with Crippen LogP contribution >= 0.6 is 21.0 Å². The number of carbonyl (C=O) groups excluding carboxylic acids is 1. The summed E-state index contributed by atoms with van der Waals surface area (Å²) in [5, 5.41) is 0. The van der Waals surface area contributed by atoms with Crippen molar-refractivity contribution in [1.29, 1.82) is 0 Å². The predicted molar refractivity (Wildman–Crippen MR) is 47.0 cm³/mol. The normalized spacial score (nSPS) is 12.7.